The molecule has 2 aromatic rings. The van der Waals surface area contributed by atoms with E-state index in [9.17, 15) is 14.4 Å². The number of ether oxygens (including phenoxy) is 1. The number of amides is 3. The van der Waals surface area contributed by atoms with Crippen LogP contribution in [0.15, 0.2) is 30.3 Å². The number of fused-ring (bicyclic) bond motifs is 1. The lowest BCUT2D eigenvalue weighted by Crippen LogP contribution is -2.36. The maximum atomic E-state index is 12.3. The molecule has 148 valence electrons. The number of benzene rings is 1. The molecule has 8 heteroatoms. The Hall–Kier alpha value is -2.71. The minimum absolute atomic E-state index is 0.266. The Morgan fingerprint density at radius 1 is 1.18 bits per heavy atom. The summed E-state index contributed by atoms with van der Waals surface area (Å²) in [5, 5.41) is 5.42. The normalized spacial score (nSPS) is 14.8. The molecule has 3 rings (SSSR count). The van der Waals surface area contributed by atoms with Gasteiger partial charge in [0.1, 0.15) is 5.00 Å². The number of nitrogens with one attached hydrogen (secondary N) is 2. The average molecular weight is 401 g/mol. The summed E-state index contributed by atoms with van der Waals surface area (Å²) in [6.45, 7) is 4.53. The first-order chi connectivity index (χ1) is 13.3. The van der Waals surface area contributed by atoms with Gasteiger partial charge in [-0.15, -0.1) is 11.3 Å². The number of carbonyl (C=O) groups is 3. The standard InChI is InChI=1S/C20H23N3O4S/c1-20(2)10-13-14(11-27-20)28-19(15(13)16(21)24)23-18(26)17(25)22-9-8-12-6-4-3-5-7-12/h3-7H,8-11H2,1-2H3,(H2,21,24)(H,22,25)(H,23,26). The third-order valence-corrected chi connectivity index (χ3v) is 5.63. The minimum Gasteiger partial charge on any atom is -0.370 e. The summed E-state index contributed by atoms with van der Waals surface area (Å²) in [4.78, 5) is 37.2. The van der Waals surface area contributed by atoms with Gasteiger partial charge in [0.05, 0.1) is 17.8 Å². The Balaban J connectivity index is 1.66. The summed E-state index contributed by atoms with van der Waals surface area (Å²) in [5.74, 6) is -2.21. The second-order valence-corrected chi connectivity index (χ2v) is 8.35. The molecule has 28 heavy (non-hydrogen) atoms. The van der Waals surface area contributed by atoms with E-state index in [0.717, 1.165) is 16.0 Å². The Labute approximate surface area is 167 Å². The Bertz CT molecular complexity index is 906. The van der Waals surface area contributed by atoms with Gasteiger partial charge in [0.2, 0.25) is 0 Å². The van der Waals surface area contributed by atoms with Crippen LogP contribution in [-0.2, 0) is 33.8 Å². The SMILES string of the molecule is CC1(C)Cc2c(sc(NC(=O)C(=O)NCCc3ccccc3)c2C(N)=O)CO1. The fourth-order valence-electron chi connectivity index (χ4n) is 3.11. The lowest BCUT2D eigenvalue weighted by Gasteiger charge is -2.30. The smallest absolute Gasteiger partial charge is 0.314 e. The molecule has 1 aromatic carbocycles. The Morgan fingerprint density at radius 2 is 1.89 bits per heavy atom. The number of nitrogens with two attached hydrogens (primary N) is 1. The number of primary amides is 1. The van der Waals surface area contributed by atoms with E-state index in [-0.39, 0.29) is 5.56 Å². The summed E-state index contributed by atoms with van der Waals surface area (Å²) in [6.07, 6.45) is 1.13. The van der Waals surface area contributed by atoms with Crippen LogP contribution in [0.4, 0.5) is 5.00 Å². The van der Waals surface area contributed by atoms with Crippen LogP contribution < -0.4 is 16.4 Å². The Kier molecular flexibility index (Phi) is 5.81. The predicted octanol–water partition coefficient (Wildman–Crippen LogP) is 2.00. The van der Waals surface area contributed by atoms with E-state index in [0.29, 0.717) is 31.0 Å². The molecule has 4 N–H and O–H groups in total. The van der Waals surface area contributed by atoms with Gasteiger partial charge in [-0.2, -0.15) is 0 Å². The molecule has 0 radical (unpaired) electrons. The molecule has 0 bridgehead atoms. The van der Waals surface area contributed by atoms with Gasteiger partial charge in [0.15, 0.2) is 0 Å². The van der Waals surface area contributed by atoms with Crippen molar-refractivity contribution in [1.82, 2.24) is 5.32 Å². The van der Waals surface area contributed by atoms with Crippen LogP contribution >= 0.6 is 11.3 Å². The van der Waals surface area contributed by atoms with Crippen molar-refractivity contribution < 1.29 is 19.1 Å². The van der Waals surface area contributed by atoms with Gasteiger partial charge in [0.25, 0.3) is 5.91 Å². The highest BCUT2D eigenvalue weighted by Crippen LogP contribution is 2.40. The molecule has 0 unspecified atom stereocenters. The molecule has 0 fully saturated rings. The van der Waals surface area contributed by atoms with Crippen molar-refractivity contribution in [3.63, 3.8) is 0 Å². The first kappa shape index (κ1) is 20.0. The van der Waals surface area contributed by atoms with Crippen LogP contribution in [0.25, 0.3) is 0 Å². The van der Waals surface area contributed by atoms with Gasteiger partial charge in [0, 0.05) is 17.8 Å². The highest BCUT2D eigenvalue weighted by Gasteiger charge is 2.33. The van der Waals surface area contributed by atoms with E-state index in [1.165, 1.54) is 11.3 Å². The van der Waals surface area contributed by atoms with Gasteiger partial charge in [-0.3, -0.25) is 14.4 Å². The van der Waals surface area contributed by atoms with E-state index in [1.54, 1.807) is 0 Å². The number of rotatable bonds is 5. The predicted molar refractivity (Wildman–Crippen MR) is 107 cm³/mol. The second-order valence-electron chi connectivity index (χ2n) is 7.24. The fourth-order valence-corrected chi connectivity index (χ4v) is 4.24. The first-order valence-electron chi connectivity index (χ1n) is 8.98. The summed E-state index contributed by atoms with van der Waals surface area (Å²) in [7, 11) is 0. The lowest BCUT2D eigenvalue weighted by atomic mass is 9.93. The van der Waals surface area contributed by atoms with Gasteiger partial charge in [-0.25, -0.2) is 0 Å². The first-order valence-corrected chi connectivity index (χ1v) is 9.80. The van der Waals surface area contributed by atoms with E-state index in [1.807, 2.05) is 44.2 Å². The molecular formula is C20H23N3O4S. The van der Waals surface area contributed by atoms with E-state index in [4.69, 9.17) is 10.5 Å². The number of thiophene rings is 1. The van der Waals surface area contributed by atoms with Crippen molar-refractivity contribution in [1.29, 1.82) is 0 Å². The van der Waals surface area contributed by atoms with Gasteiger partial charge < -0.3 is 21.1 Å². The monoisotopic (exact) mass is 401 g/mol. The molecule has 3 amide bonds. The zero-order valence-corrected chi connectivity index (χ0v) is 16.7. The maximum Gasteiger partial charge on any atom is 0.314 e. The zero-order chi connectivity index (χ0) is 20.3. The number of hydrogen-bond acceptors (Lipinski definition) is 5. The quantitative estimate of drug-likeness (QED) is 0.666. The van der Waals surface area contributed by atoms with Crippen molar-refractivity contribution in [2.24, 2.45) is 5.73 Å². The van der Waals surface area contributed by atoms with Crippen molar-refractivity contribution >= 4 is 34.1 Å². The molecule has 0 aliphatic carbocycles. The molecule has 0 spiro atoms. The molecule has 1 aliphatic rings. The summed E-state index contributed by atoms with van der Waals surface area (Å²) >= 11 is 1.22. The van der Waals surface area contributed by atoms with Crippen molar-refractivity contribution in [3.8, 4) is 0 Å². The summed E-state index contributed by atoms with van der Waals surface area (Å²) in [5.41, 5.74) is 7.23. The molecule has 1 aromatic heterocycles. The molecule has 1 aliphatic heterocycles. The molecule has 0 saturated carbocycles. The third kappa shape index (κ3) is 4.58. The van der Waals surface area contributed by atoms with Crippen LogP contribution in [0.3, 0.4) is 0 Å². The number of carbonyl (C=O) groups excluding carboxylic acids is 3. The second kappa shape index (κ2) is 8.12. The molecule has 2 heterocycles. The maximum absolute atomic E-state index is 12.3. The van der Waals surface area contributed by atoms with E-state index < -0.39 is 23.3 Å². The minimum atomic E-state index is -0.825. The summed E-state index contributed by atoms with van der Waals surface area (Å²) < 4.78 is 5.75. The topological polar surface area (TPSA) is 111 Å². The van der Waals surface area contributed by atoms with Crippen LogP contribution in [0.5, 0.6) is 0 Å². The summed E-state index contributed by atoms with van der Waals surface area (Å²) in [6, 6.07) is 9.65. The zero-order valence-electron chi connectivity index (χ0n) is 15.8. The Morgan fingerprint density at radius 3 is 2.57 bits per heavy atom. The van der Waals surface area contributed by atoms with E-state index >= 15 is 0 Å². The van der Waals surface area contributed by atoms with E-state index in [2.05, 4.69) is 10.6 Å². The van der Waals surface area contributed by atoms with Gasteiger partial charge >= 0.3 is 11.8 Å². The highest BCUT2D eigenvalue weighted by atomic mass is 32.1. The highest BCUT2D eigenvalue weighted by molar-refractivity contribution is 7.17. The van der Waals surface area contributed by atoms with Gasteiger partial charge in [-0.05, 0) is 31.4 Å². The lowest BCUT2D eigenvalue weighted by molar-refractivity contribution is -0.136. The number of anilines is 1. The molecular weight excluding hydrogens is 378 g/mol. The largest absolute Gasteiger partial charge is 0.370 e. The average Bonchev–Trinajstić information content (AvgIpc) is 2.98. The van der Waals surface area contributed by atoms with Gasteiger partial charge in [-0.1, -0.05) is 30.3 Å². The van der Waals surface area contributed by atoms with Crippen LogP contribution in [0.2, 0.25) is 0 Å². The molecule has 7 nitrogen and oxygen atoms in total. The third-order valence-electron chi connectivity index (χ3n) is 4.51. The van der Waals surface area contributed by atoms with Crippen molar-refractivity contribution in [2.45, 2.75) is 38.9 Å². The van der Waals surface area contributed by atoms with Crippen molar-refractivity contribution in [2.75, 3.05) is 11.9 Å². The van der Waals surface area contributed by atoms with Crippen LogP contribution in [-0.4, -0.2) is 29.9 Å². The van der Waals surface area contributed by atoms with Crippen molar-refractivity contribution in [3.05, 3.63) is 51.9 Å². The number of hydrogen-bond donors (Lipinski definition) is 3. The fraction of sp³-hybridized carbons (Fsp3) is 0.350. The van der Waals surface area contributed by atoms with Crippen LogP contribution in [0, 0.1) is 0 Å². The molecule has 0 atom stereocenters. The molecule has 0 saturated heterocycles. The van der Waals surface area contributed by atoms with Crippen LogP contribution in [0.1, 0.15) is 40.2 Å².